The molecule has 76 valence electrons. The molecule has 0 fully saturated rings. The molecule has 1 heterocycles. The third-order valence-electron chi connectivity index (χ3n) is 1.65. The maximum Gasteiger partial charge on any atom is 0.339 e. The van der Waals surface area contributed by atoms with Gasteiger partial charge in [0, 0.05) is 25.1 Å². The maximum absolute atomic E-state index is 11.1. The van der Waals surface area contributed by atoms with Crippen LogP contribution in [0.25, 0.3) is 0 Å². The van der Waals surface area contributed by atoms with Crippen LogP contribution in [0.1, 0.15) is 21.5 Å². The average Bonchev–Trinajstić information content (AvgIpc) is 2.27. The summed E-state index contributed by atoms with van der Waals surface area (Å²) in [5.74, 6) is -0.445. The first-order valence-corrected chi connectivity index (χ1v) is 4.32. The van der Waals surface area contributed by atoms with Crippen molar-refractivity contribution in [2.24, 2.45) is 0 Å². The Morgan fingerprint density at radius 1 is 1.50 bits per heavy atom. The van der Waals surface area contributed by atoms with E-state index < -0.39 is 11.5 Å². The zero-order valence-corrected chi connectivity index (χ0v) is 8.62. The topological polar surface area (TPSA) is 48.4 Å². The van der Waals surface area contributed by atoms with Crippen LogP contribution < -0.4 is 0 Å². The van der Waals surface area contributed by atoms with Crippen LogP contribution in [0.2, 0.25) is 0 Å². The number of methoxy groups -OCH3 is 2. The van der Waals surface area contributed by atoms with E-state index in [1.165, 1.54) is 26.6 Å². The van der Waals surface area contributed by atoms with Crippen LogP contribution in [0.15, 0.2) is 18.5 Å². The van der Waals surface area contributed by atoms with Gasteiger partial charge in [-0.15, -0.1) is 0 Å². The molecule has 0 aliphatic heterocycles. The summed E-state index contributed by atoms with van der Waals surface area (Å²) in [7, 11) is 2.78. The number of halogens is 1. The lowest BCUT2D eigenvalue weighted by molar-refractivity contribution is 0.0600. The number of carbonyl (C=O) groups is 1. The number of carbonyl (C=O) groups excluding carboxylic acids is 1. The normalized spacial score (nSPS) is 12.2. The lowest BCUT2D eigenvalue weighted by Gasteiger charge is -2.07. The predicted molar refractivity (Wildman–Crippen MR) is 51.2 cm³/mol. The van der Waals surface area contributed by atoms with Crippen LogP contribution in [-0.2, 0) is 9.47 Å². The van der Waals surface area contributed by atoms with Crippen molar-refractivity contribution in [1.82, 2.24) is 4.98 Å². The van der Waals surface area contributed by atoms with Crippen molar-refractivity contribution < 1.29 is 14.3 Å². The van der Waals surface area contributed by atoms with Gasteiger partial charge in [-0.25, -0.2) is 4.79 Å². The number of rotatable bonds is 3. The highest BCUT2D eigenvalue weighted by Crippen LogP contribution is 2.20. The smallest absolute Gasteiger partial charge is 0.339 e. The Morgan fingerprint density at radius 2 is 2.21 bits per heavy atom. The quantitative estimate of drug-likeness (QED) is 0.569. The average molecular weight is 216 g/mol. The largest absolute Gasteiger partial charge is 0.465 e. The van der Waals surface area contributed by atoms with Crippen LogP contribution in [0.5, 0.6) is 0 Å². The fourth-order valence-corrected chi connectivity index (χ4v) is 1.07. The number of ether oxygens (including phenoxy) is 2. The van der Waals surface area contributed by atoms with Gasteiger partial charge in [0.15, 0.2) is 5.56 Å². The molecule has 0 radical (unpaired) electrons. The van der Waals surface area contributed by atoms with Crippen molar-refractivity contribution >= 4 is 17.6 Å². The van der Waals surface area contributed by atoms with Crippen molar-refractivity contribution in [3.05, 3.63) is 29.6 Å². The Balaban J connectivity index is 2.95. The number of alkyl halides is 1. The summed E-state index contributed by atoms with van der Waals surface area (Å²) in [5.41, 5.74) is 0.372. The summed E-state index contributed by atoms with van der Waals surface area (Å²) in [5, 5.41) is 0. The molecule has 1 aromatic rings. The molecule has 4 nitrogen and oxygen atoms in total. The second-order valence-corrected chi connectivity index (χ2v) is 2.95. The van der Waals surface area contributed by atoms with Gasteiger partial charge in [0.2, 0.25) is 0 Å². The molecule has 14 heavy (non-hydrogen) atoms. The van der Waals surface area contributed by atoms with Gasteiger partial charge in [-0.2, -0.15) is 0 Å². The first-order valence-electron chi connectivity index (χ1n) is 3.89. The third kappa shape index (κ3) is 2.43. The standard InChI is InChI=1S/C9H10ClNO3/c1-13-8(10)6-3-7(5-11-4-6)9(12)14-2/h3-5,8H,1-2H3. The zero-order chi connectivity index (χ0) is 10.6. The Bertz CT molecular complexity index is 330. The van der Waals surface area contributed by atoms with E-state index in [4.69, 9.17) is 16.3 Å². The summed E-state index contributed by atoms with van der Waals surface area (Å²) in [4.78, 5) is 15.0. The number of hydrogen-bond donors (Lipinski definition) is 0. The second kappa shape index (κ2) is 4.93. The number of aromatic nitrogens is 1. The molecule has 0 spiro atoms. The Morgan fingerprint density at radius 3 is 2.79 bits per heavy atom. The third-order valence-corrected chi connectivity index (χ3v) is 2.08. The lowest BCUT2D eigenvalue weighted by Crippen LogP contribution is -2.04. The van der Waals surface area contributed by atoms with E-state index in [2.05, 4.69) is 9.72 Å². The first kappa shape index (κ1) is 10.9. The van der Waals surface area contributed by atoms with E-state index in [9.17, 15) is 4.79 Å². The molecule has 0 bridgehead atoms. The van der Waals surface area contributed by atoms with Crippen LogP contribution >= 0.6 is 11.6 Å². The summed E-state index contributed by atoms with van der Waals surface area (Å²) in [6.07, 6.45) is 2.95. The molecule has 0 amide bonds. The highest BCUT2D eigenvalue weighted by molar-refractivity contribution is 6.19. The number of pyridine rings is 1. The predicted octanol–water partition coefficient (Wildman–Crippen LogP) is 1.75. The molecular weight excluding hydrogens is 206 g/mol. The Labute approximate surface area is 86.8 Å². The van der Waals surface area contributed by atoms with Crippen molar-refractivity contribution in [2.45, 2.75) is 5.56 Å². The summed E-state index contributed by atoms with van der Waals surface area (Å²) >= 11 is 5.80. The summed E-state index contributed by atoms with van der Waals surface area (Å²) in [6, 6.07) is 1.58. The minimum absolute atomic E-state index is 0.354. The van der Waals surface area contributed by atoms with E-state index >= 15 is 0 Å². The van der Waals surface area contributed by atoms with E-state index in [1.807, 2.05) is 0 Å². The fraction of sp³-hybridized carbons (Fsp3) is 0.333. The molecule has 0 saturated carbocycles. The highest BCUT2D eigenvalue weighted by atomic mass is 35.5. The van der Waals surface area contributed by atoms with Gasteiger partial charge in [-0.3, -0.25) is 4.98 Å². The Kier molecular flexibility index (Phi) is 3.85. The first-order chi connectivity index (χ1) is 6.69. The minimum Gasteiger partial charge on any atom is -0.465 e. The molecular formula is C9H10ClNO3. The molecule has 1 atom stereocenters. The SMILES string of the molecule is COC(=O)c1cncc(C(Cl)OC)c1. The second-order valence-electron chi connectivity index (χ2n) is 2.55. The molecule has 0 aromatic carbocycles. The number of esters is 1. The van der Waals surface area contributed by atoms with Crippen LogP contribution in [-0.4, -0.2) is 25.2 Å². The molecule has 1 rings (SSSR count). The molecule has 0 aliphatic rings. The summed E-state index contributed by atoms with van der Waals surface area (Å²) in [6.45, 7) is 0. The monoisotopic (exact) mass is 215 g/mol. The van der Waals surface area contributed by atoms with E-state index in [0.717, 1.165) is 0 Å². The van der Waals surface area contributed by atoms with Crippen molar-refractivity contribution in [1.29, 1.82) is 0 Å². The number of hydrogen-bond acceptors (Lipinski definition) is 4. The number of nitrogens with zero attached hydrogens (tertiary/aromatic N) is 1. The van der Waals surface area contributed by atoms with Gasteiger partial charge in [-0.1, -0.05) is 11.6 Å². The minimum atomic E-state index is -0.605. The van der Waals surface area contributed by atoms with E-state index in [1.54, 1.807) is 6.07 Å². The van der Waals surface area contributed by atoms with Crippen molar-refractivity contribution in [3.8, 4) is 0 Å². The highest BCUT2D eigenvalue weighted by Gasteiger charge is 2.11. The lowest BCUT2D eigenvalue weighted by atomic mass is 10.2. The van der Waals surface area contributed by atoms with Gasteiger partial charge in [0.25, 0.3) is 0 Å². The van der Waals surface area contributed by atoms with Crippen LogP contribution in [0.4, 0.5) is 0 Å². The Hall–Kier alpha value is -1.13. The summed E-state index contributed by atoms with van der Waals surface area (Å²) < 4.78 is 9.42. The van der Waals surface area contributed by atoms with Gasteiger partial charge in [0.1, 0.15) is 0 Å². The maximum atomic E-state index is 11.1. The van der Waals surface area contributed by atoms with Gasteiger partial charge in [-0.05, 0) is 6.07 Å². The molecule has 0 aliphatic carbocycles. The van der Waals surface area contributed by atoms with Crippen molar-refractivity contribution in [2.75, 3.05) is 14.2 Å². The molecule has 5 heteroatoms. The zero-order valence-electron chi connectivity index (χ0n) is 7.86. The van der Waals surface area contributed by atoms with Gasteiger partial charge < -0.3 is 9.47 Å². The van der Waals surface area contributed by atoms with Crippen molar-refractivity contribution in [3.63, 3.8) is 0 Å². The van der Waals surface area contributed by atoms with Gasteiger partial charge >= 0.3 is 5.97 Å². The van der Waals surface area contributed by atoms with Crippen LogP contribution in [0.3, 0.4) is 0 Å². The molecule has 1 unspecified atom stereocenters. The van der Waals surface area contributed by atoms with Gasteiger partial charge in [0.05, 0.1) is 12.7 Å². The molecule has 0 N–H and O–H groups in total. The van der Waals surface area contributed by atoms with Crippen LogP contribution in [0, 0.1) is 0 Å². The molecule has 1 aromatic heterocycles. The molecule has 0 saturated heterocycles. The van der Waals surface area contributed by atoms with E-state index in [0.29, 0.717) is 11.1 Å². The fourth-order valence-electron chi connectivity index (χ4n) is 0.947. The van der Waals surface area contributed by atoms with E-state index in [-0.39, 0.29) is 0 Å².